The van der Waals surface area contributed by atoms with E-state index < -0.39 is 23.3 Å². The van der Waals surface area contributed by atoms with Gasteiger partial charge in [0.2, 0.25) is 5.78 Å². The van der Waals surface area contributed by atoms with E-state index in [4.69, 9.17) is 5.21 Å². The van der Waals surface area contributed by atoms with E-state index in [0.717, 1.165) is 12.1 Å². The summed E-state index contributed by atoms with van der Waals surface area (Å²) in [5.41, 5.74) is -0.155. The Morgan fingerprint density at radius 2 is 1.78 bits per heavy atom. The number of oxime groups is 1. The number of aromatic hydroxyl groups is 1. The number of Topliss-reactive ketones (excluding diaryl/α,β-unsaturated/α-hetero) is 1. The number of hydrogen-bond acceptors (Lipinski definition) is 4. The maximum Gasteiger partial charge on any atom is 0.417 e. The number of carbonyl (C=O) groups excluding carboxylic acids is 1. The molecule has 7 heteroatoms. The third-order valence-corrected chi connectivity index (χ3v) is 3.71. The summed E-state index contributed by atoms with van der Waals surface area (Å²) in [6.45, 7) is 0. The number of hydrogen-bond donors (Lipinski definition) is 2. The Bertz CT molecular complexity index is 841. The van der Waals surface area contributed by atoms with Gasteiger partial charge in [0, 0.05) is 12.0 Å². The molecule has 0 radical (unpaired) electrons. The van der Waals surface area contributed by atoms with Crippen LogP contribution in [0.5, 0.6) is 5.75 Å². The summed E-state index contributed by atoms with van der Waals surface area (Å²) >= 11 is 0. The van der Waals surface area contributed by atoms with Crippen LogP contribution < -0.4 is 0 Å². The zero-order valence-electron chi connectivity index (χ0n) is 11.6. The molecule has 3 rings (SSSR count). The molecule has 0 heterocycles. The maximum absolute atomic E-state index is 13.2. The number of phenols is 1. The molecule has 0 unspecified atom stereocenters. The van der Waals surface area contributed by atoms with E-state index in [0.29, 0.717) is 11.6 Å². The number of phenolic OH excluding ortho intramolecular Hbond substituents is 1. The number of alkyl halides is 3. The SMILES string of the molecule is O=C1/C(=N\O)Cc2ccc(-c3ccc(O)cc3C(F)(F)F)cc21. The first-order valence-corrected chi connectivity index (χ1v) is 6.60. The molecule has 0 amide bonds. The third kappa shape index (κ3) is 2.54. The van der Waals surface area contributed by atoms with Crippen LogP contribution in [0, 0.1) is 0 Å². The highest BCUT2D eigenvalue weighted by atomic mass is 19.4. The second-order valence-corrected chi connectivity index (χ2v) is 5.15. The van der Waals surface area contributed by atoms with Crippen LogP contribution in [0.3, 0.4) is 0 Å². The Labute approximate surface area is 128 Å². The number of ketones is 1. The van der Waals surface area contributed by atoms with Gasteiger partial charge < -0.3 is 10.3 Å². The van der Waals surface area contributed by atoms with Gasteiger partial charge in [-0.1, -0.05) is 23.4 Å². The lowest BCUT2D eigenvalue weighted by atomic mass is 9.96. The summed E-state index contributed by atoms with van der Waals surface area (Å²) < 4.78 is 39.5. The summed E-state index contributed by atoms with van der Waals surface area (Å²) in [6.07, 6.45) is -4.50. The number of halogens is 3. The molecular formula is C16H10F3NO3. The van der Waals surface area contributed by atoms with E-state index in [1.165, 1.54) is 18.2 Å². The van der Waals surface area contributed by atoms with E-state index >= 15 is 0 Å². The number of carbonyl (C=O) groups is 1. The van der Waals surface area contributed by atoms with Crippen molar-refractivity contribution in [2.45, 2.75) is 12.6 Å². The zero-order valence-corrected chi connectivity index (χ0v) is 11.6. The molecule has 118 valence electrons. The highest BCUT2D eigenvalue weighted by Gasteiger charge is 2.35. The van der Waals surface area contributed by atoms with Gasteiger partial charge in [0.05, 0.1) is 5.56 Å². The predicted molar refractivity (Wildman–Crippen MR) is 75.8 cm³/mol. The minimum Gasteiger partial charge on any atom is -0.508 e. The lowest BCUT2D eigenvalue weighted by Gasteiger charge is -2.14. The van der Waals surface area contributed by atoms with Crippen molar-refractivity contribution in [1.82, 2.24) is 0 Å². The zero-order chi connectivity index (χ0) is 16.8. The van der Waals surface area contributed by atoms with Gasteiger partial charge in [-0.25, -0.2) is 0 Å². The molecule has 0 fully saturated rings. The maximum atomic E-state index is 13.2. The predicted octanol–water partition coefficient (Wildman–Crippen LogP) is 3.65. The number of rotatable bonds is 1. The van der Waals surface area contributed by atoms with Crippen molar-refractivity contribution in [2.75, 3.05) is 0 Å². The minimum atomic E-state index is -4.64. The Morgan fingerprint density at radius 1 is 1.04 bits per heavy atom. The van der Waals surface area contributed by atoms with Gasteiger partial charge in [-0.2, -0.15) is 13.2 Å². The average molecular weight is 321 g/mol. The summed E-state index contributed by atoms with van der Waals surface area (Å²) in [5.74, 6) is -0.996. The Balaban J connectivity index is 2.16. The first-order chi connectivity index (χ1) is 10.8. The molecule has 0 saturated carbocycles. The molecule has 0 saturated heterocycles. The number of fused-ring (bicyclic) bond motifs is 1. The van der Waals surface area contributed by atoms with E-state index in [1.54, 1.807) is 0 Å². The first-order valence-electron chi connectivity index (χ1n) is 6.60. The second-order valence-electron chi connectivity index (χ2n) is 5.15. The molecule has 2 aromatic rings. The first kappa shape index (κ1) is 15.1. The fourth-order valence-electron chi connectivity index (χ4n) is 2.62. The largest absolute Gasteiger partial charge is 0.508 e. The molecule has 2 N–H and O–H groups in total. The highest BCUT2D eigenvalue weighted by molar-refractivity contribution is 6.49. The molecule has 0 spiro atoms. The topological polar surface area (TPSA) is 69.9 Å². The van der Waals surface area contributed by atoms with Crippen molar-refractivity contribution < 1.29 is 28.3 Å². The van der Waals surface area contributed by atoms with Crippen molar-refractivity contribution in [3.8, 4) is 16.9 Å². The van der Waals surface area contributed by atoms with Crippen LogP contribution in [0.15, 0.2) is 41.6 Å². The van der Waals surface area contributed by atoms with E-state index in [9.17, 15) is 23.1 Å². The van der Waals surface area contributed by atoms with Crippen molar-refractivity contribution in [2.24, 2.45) is 5.16 Å². The monoisotopic (exact) mass is 321 g/mol. The Hall–Kier alpha value is -2.83. The molecule has 2 aromatic carbocycles. The quantitative estimate of drug-likeness (QED) is 0.622. The lowest BCUT2D eigenvalue weighted by Crippen LogP contribution is -2.08. The van der Waals surface area contributed by atoms with Crippen LogP contribution in [0.1, 0.15) is 21.5 Å². The van der Waals surface area contributed by atoms with Gasteiger partial charge in [0.1, 0.15) is 11.5 Å². The van der Waals surface area contributed by atoms with Gasteiger partial charge in [0.15, 0.2) is 0 Å². The van der Waals surface area contributed by atoms with E-state index in [2.05, 4.69) is 5.16 Å². The van der Waals surface area contributed by atoms with Crippen molar-refractivity contribution >= 4 is 11.5 Å². The Morgan fingerprint density at radius 3 is 2.43 bits per heavy atom. The van der Waals surface area contributed by atoms with Gasteiger partial charge in [-0.05, 0) is 34.9 Å². The number of nitrogens with zero attached hydrogens (tertiary/aromatic N) is 1. The fraction of sp³-hybridized carbons (Fsp3) is 0.125. The van der Waals surface area contributed by atoms with Crippen molar-refractivity contribution in [3.63, 3.8) is 0 Å². The number of benzene rings is 2. The van der Waals surface area contributed by atoms with Crippen LogP contribution in [0.2, 0.25) is 0 Å². The van der Waals surface area contributed by atoms with Crippen LogP contribution in [0.4, 0.5) is 13.2 Å². The Kier molecular flexibility index (Phi) is 3.35. The molecule has 23 heavy (non-hydrogen) atoms. The van der Waals surface area contributed by atoms with Crippen molar-refractivity contribution in [1.29, 1.82) is 0 Å². The summed E-state index contributed by atoms with van der Waals surface area (Å²) in [4.78, 5) is 12.0. The van der Waals surface area contributed by atoms with Crippen LogP contribution >= 0.6 is 0 Å². The highest BCUT2D eigenvalue weighted by Crippen LogP contribution is 2.39. The molecule has 0 aromatic heterocycles. The van der Waals surface area contributed by atoms with E-state index in [1.807, 2.05) is 0 Å². The molecule has 1 aliphatic rings. The smallest absolute Gasteiger partial charge is 0.417 e. The standard InChI is InChI=1S/C16H10F3NO3/c17-16(18,19)13-7-10(21)3-4-11(13)8-1-2-9-6-14(20-23)15(22)12(9)5-8/h1-5,7,21,23H,6H2/b20-14-. The van der Waals surface area contributed by atoms with Crippen LogP contribution in [-0.4, -0.2) is 21.8 Å². The van der Waals surface area contributed by atoms with Crippen LogP contribution in [0.25, 0.3) is 11.1 Å². The minimum absolute atomic E-state index is 0.0427. The van der Waals surface area contributed by atoms with E-state index in [-0.39, 0.29) is 28.8 Å². The second kappa shape index (κ2) is 5.12. The molecule has 0 atom stereocenters. The summed E-state index contributed by atoms with van der Waals surface area (Å²) in [7, 11) is 0. The van der Waals surface area contributed by atoms with Gasteiger partial charge in [0.25, 0.3) is 0 Å². The van der Waals surface area contributed by atoms with Crippen molar-refractivity contribution in [3.05, 3.63) is 53.1 Å². The summed E-state index contributed by atoms with van der Waals surface area (Å²) in [6, 6.07) is 7.30. The fourth-order valence-corrected chi connectivity index (χ4v) is 2.62. The molecule has 0 bridgehead atoms. The van der Waals surface area contributed by atoms with Gasteiger partial charge in [-0.15, -0.1) is 0 Å². The summed E-state index contributed by atoms with van der Waals surface area (Å²) in [5, 5.41) is 21.0. The molecule has 1 aliphatic carbocycles. The third-order valence-electron chi connectivity index (χ3n) is 3.71. The van der Waals surface area contributed by atoms with Crippen LogP contribution in [-0.2, 0) is 12.6 Å². The van der Waals surface area contributed by atoms with Gasteiger partial charge >= 0.3 is 6.18 Å². The molecule has 0 aliphatic heterocycles. The normalized spacial score (nSPS) is 16.0. The average Bonchev–Trinajstić information content (AvgIpc) is 2.82. The van der Waals surface area contributed by atoms with Gasteiger partial charge in [-0.3, -0.25) is 4.79 Å². The molecule has 4 nitrogen and oxygen atoms in total. The lowest BCUT2D eigenvalue weighted by molar-refractivity contribution is -0.137. The molecular weight excluding hydrogens is 311 g/mol.